The third-order valence-corrected chi connectivity index (χ3v) is 5.29. The highest BCUT2D eigenvalue weighted by Gasteiger charge is 2.17. The van der Waals surface area contributed by atoms with E-state index in [2.05, 4.69) is 41.4 Å². The molecule has 0 fully saturated rings. The van der Waals surface area contributed by atoms with Crippen LogP contribution in [-0.2, 0) is 6.54 Å². The van der Waals surface area contributed by atoms with Gasteiger partial charge >= 0.3 is 0 Å². The van der Waals surface area contributed by atoms with Gasteiger partial charge in [0.15, 0.2) is 5.82 Å². The van der Waals surface area contributed by atoms with Crippen LogP contribution in [0.5, 0.6) is 0 Å². The van der Waals surface area contributed by atoms with Crippen molar-refractivity contribution in [3.8, 4) is 11.5 Å². The van der Waals surface area contributed by atoms with Gasteiger partial charge < -0.3 is 10.3 Å². The van der Waals surface area contributed by atoms with E-state index in [1.165, 1.54) is 0 Å². The molecule has 0 saturated heterocycles. The van der Waals surface area contributed by atoms with Crippen LogP contribution in [0.3, 0.4) is 0 Å². The summed E-state index contributed by atoms with van der Waals surface area (Å²) in [6, 6.07) is 21.3. The van der Waals surface area contributed by atoms with E-state index in [4.69, 9.17) is 0 Å². The summed E-state index contributed by atoms with van der Waals surface area (Å²) in [6.07, 6.45) is 0. The van der Waals surface area contributed by atoms with Gasteiger partial charge in [0, 0.05) is 16.4 Å². The fraction of sp³-hybridized carbons (Fsp3) is 0.0455. The van der Waals surface area contributed by atoms with Crippen LogP contribution in [0.1, 0.15) is 15.9 Å². The molecule has 5 aromatic rings. The first-order valence-corrected chi connectivity index (χ1v) is 9.93. The van der Waals surface area contributed by atoms with Crippen molar-refractivity contribution in [2.75, 3.05) is 0 Å². The van der Waals surface area contributed by atoms with Gasteiger partial charge in [0.25, 0.3) is 5.91 Å². The number of hydrogen-bond donors (Lipinski definition) is 3. The Morgan fingerprint density at radius 2 is 1.83 bits per heavy atom. The van der Waals surface area contributed by atoms with E-state index < -0.39 is 0 Å². The van der Waals surface area contributed by atoms with Gasteiger partial charge in [0.2, 0.25) is 0 Å². The number of amides is 1. The van der Waals surface area contributed by atoms with E-state index in [0.717, 1.165) is 32.1 Å². The van der Waals surface area contributed by atoms with Gasteiger partial charge in [0.05, 0.1) is 16.6 Å². The largest absolute Gasteiger partial charge is 0.348 e. The lowest BCUT2D eigenvalue weighted by atomic mass is 10.1. The Balaban J connectivity index is 1.48. The molecule has 3 aromatic carbocycles. The predicted octanol–water partition coefficient (Wildman–Crippen LogP) is 4.80. The number of fused-ring (bicyclic) bond motifs is 2. The summed E-state index contributed by atoms with van der Waals surface area (Å²) in [5.74, 6) is 0.463. The van der Waals surface area contributed by atoms with Crippen LogP contribution in [-0.4, -0.2) is 26.1 Å². The highest BCUT2D eigenvalue weighted by molar-refractivity contribution is 9.10. The molecule has 0 aliphatic carbocycles. The van der Waals surface area contributed by atoms with Crippen molar-refractivity contribution in [1.29, 1.82) is 0 Å². The summed E-state index contributed by atoms with van der Waals surface area (Å²) in [5, 5.41) is 11.4. The first kappa shape index (κ1) is 17.6. The lowest BCUT2D eigenvalue weighted by Crippen LogP contribution is -2.23. The van der Waals surface area contributed by atoms with Crippen molar-refractivity contribution in [1.82, 2.24) is 25.5 Å². The van der Waals surface area contributed by atoms with E-state index in [9.17, 15) is 4.79 Å². The standard InChI is InChI=1S/C22H16BrN5O/c23-14-6-3-5-13(11-14)12-24-22(29)16-8-4-10-18-19(16)26-21(25-18)20-15-7-1-2-9-17(15)27-28-20/h1-11H,12H2,(H,24,29)(H,25,26)(H,27,28). The number of aromatic nitrogens is 4. The zero-order valence-corrected chi connectivity index (χ0v) is 16.8. The number of imidazole rings is 1. The third-order valence-electron chi connectivity index (χ3n) is 4.79. The Morgan fingerprint density at radius 3 is 2.72 bits per heavy atom. The Kier molecular flexibility index (Phi) is 4.37. The molecule has 0 aliphatic heterocycles. The number of nitrogens with zero attached hydrogens (tertiary/aromatic N) is 2. The second-order valence-corrected chi connectivity index (χ2v) is 7.63. The molecule has 0 aliphatic rings. The predicted molar refractivity (Wildman–Crippen MR) is 116 cm³/mol. The molecular formula is C22H16BrN5O. The number of carbonyl (C=O) groups excluding carboxylic acids is 1. The monoisotopic (exact) mass is 445 g/mol. The maximum atomic E-state index is 12.8. The van der Waals surface area contributed by atoms with Crippen molar-refractivity contribution in [3.05, 3.63) is 82.3 Å². The molecule has 29 heavy (non-hydrogen) atoms. The second kappa shape index (κ2) is 7.18. The molecule has 1 amide bonds. The van der Waals surface area contributed by atoms with E-state index in [0.29, 0.717) is 23.4 Å². The lowest BCUT2D eigenvalue weighted by Gasteiger charge is -2.06. The molecule has 3 N–H and O–H groups in total. The zero-order chi connectivity index (χ0) is 19.8. The van der Waals surface area contributed by atoms with Crippen LogP contribution in [0, 0.1) is 0 Å². The average Bonchev–Trinajstić information content (AvgIpc) is 3.35. The maximum absolute atomic E-state index is 12.8. The van der Waals surface area contributed by atoms with Gasteiger partial charge in [-0.25, -0.2) is 4.98 Å². The van der Waals surface area contributed by atoms with Crippen LogP contribution in [0.15, 0.2) is 71.2 Å². The van der Waals surface area contributed by atoms with Crippen molar-refractivity contribution < 1.29 is 4.79 Å². The first-order chi connectivity index (χ1) is 14.2. The number of aromatic amines is 2. The number of rotatable bonds is 4. The van der Waals surface area contributed by atoms with Crippen LogP contribution in [0.25, 0.3) is 33.5 Å². The summed E-state index contributed by atoms with van der Waals surface area (Å²) < 4.78 is 0.981. The molecule has 7 heteroatoms. The van der Waals surface area contributed by atoms with Crippen LogP contribution in [0.2, 0.25) is 0 Å². The Labute approximate surface area is 174 Å². The summed E-state index contributed by atoms with van der Waals surface area (Å²) in [7, 11) is 0. The third kappa shape index (κ3) is 3.30. The van der Waals surface area contributed by atoms with Gasteiger partial charge in [-0.05, 0) is 35.9 Å². The van der Waals surface area contributed by atoms with E-state index in [-0.39, 0.29) is 5.91 Å². The zero-order valence-electron chi connectivity index (χ0n) is 15.2. The van der Waals surface area contributed by atoms with Crippen LogP contribution in [0.4, 0.5) is 0 Å². The minimum atomic E-state index is -0.166. The Bertz CT molecular complexity index is 1350. The highest BCUT2D eigenvalue weighted by atomic mass is 79.9. The van der Waals surface area contributed by atoms with E-state index >= 15 is 0 Å². The molecule has 0 atom stereocenters. The highest BCUT2D eigenvalue weighted by Crippen LogP contribution is 2.27. The van der Waals surface area contributed by atoms with Crippen molar-refractivity contribution in [2.24, 2.45) is 0 Å². The average molecular weight is 446 g/mol. The minimum Gasteiger partial charge on any atom is -0.348 e. The molecule has 0 radical (unpaired) electrons. The number of H-pyrrole nitrogens is 2. The number of halogens is 1. The fourth-order valence-electron chi connectivity index (χ4n) is 3.40. The first-order valence-electron chi connectivity index (χ1n) is 9.14. The number of para-hydroxylation sites is 2. The molecule has 2 aromatic heterocycles. The molecule has 0 saturated carbocycles. The Morgan fingerprint density at radius 1 is 1.00 bits per heavy atom. The van der Waals surface area contributed by atoms with Gasteiger partial charge in [-0.1, -0.05) is 52.3 Å². The topological polar surface area (TPSA) is 86.5 Å². The van der Waals surface area contributed by atoms with Crippen LogP contribution < -0.4 is 5.32 Å². The number of carbonyl (C=O) groups is 1. The Hall–Kier alpha value is -3.45. The smallest absolute Gasteiger partial charge is 0.253 e. The summed E-state index contributed by atoms with van der Waals surface area (Å²) in [6.45, 7) is 0.440. The molecule has 2 heterocycles. The summed E-state index contributed by atoms with van der Waals surface area (Å²) in [5.41, 5.74) is 4.64. The second-order valence-electron chi connectivity index (χ2n) is 6.72. The maximum Gasteiger partial charge on any atom is 0.253 e. The summed E-state index contributed by atoms with van der Waals surface area (Å²) in [4.78, 5) is 20.8. The quantitative estimate of drug-likeness (QED) is 0.371. The molecule has 0 bridgehead atoms. The van der Waals surface area contributed by atoms with E-state index in [1.54, 1.807) is 6.07 Å². The number of hydrogen-bond acceptors (Lipinski definition) is 3. The number of benzene rings is 3. The normalized spacial score (nSPS) is 11.2. The van der Waals surface area contributed by atoms with Crippen LogP contribution >= 0.6 is 15.9 Å². The summed E-state index contributed by atoms with van der Waals surface area (Å²) >= 11 is 3.45. The lowest BCUT2D eigenvalue weighted by molar-refractivity contribution is 0.0952. The SMILES string of the molecule is O=C(NCc1cccc(Br)c1)c1cccc2[nH]c(-c3n[nH]c4ccccc34)nc12. The molecule has 0 spiro atoms. The van der Waals surface area contributed by atoms with Crippen molar-refractivity contribution in [2.45, 2.75) is 6.54 Å². The molecule has 6 nitrogen and oxygen atoms in total. The fourth-order valence-corrected chi connectivity index (χ4v) is 3.84. The van der Waals surface area contributed by atoms with Gasteiger partial charge in [-0.3, -0.25) is 9.89 Å². The molecular weight excluding hydrogens is 430 g/mol. The van der Waals surface area contributed by atoms with Gasteiger partial charge in [-0.15, -0.1) is 0 Å². The van der Waals surface area contributed by atoms with Gasteiger partial charge in [-0.2, -0.15) is 5.10 Å². The van der Waals surface area contributed by atoms with Gasteiger partial charge in [0.1, 0.15) is 11.2 Å². The molecule has 0 unspecified atom stereocenters. The minimum absolute atomic E-state index is 0.166. The van der Waals surface area contributed by atoms with Crippen molar-refractivity contribution >= 4 is 43.8 Å². The van der Waals surface area contributed by atoms with Crippen molar-refractivity contribution in [3.63, 3.8) is 0 Å². The molecule has 142 valence electrons. The van der Waals surface area contributed by atoms with E-state index in [1.807, 2.05) is 60.7 Å². The number of nitrogens with one attached hydrogen (secondary N) is 3. The molecule has 5 rings (SSSR count).